The van der Waals surface area contributed by atoms with Crippen LogP contribution in [0.4, 0.5) is 0 Å². The highest BCUT2D eigenvalue weighted by Gasteiger charge is 2.39. The number of carbonyl (C=O) groups is 1. The molecular weight excluding hydrogens is 236 g/mol. The first-order valence-electron chi connectivity index (χ1n) is 7.22. The summed E-state index contributed by atoms with van der Waals surface area (Å²) in [5.74, 6) is 0.327. The molecule has 0 aromatic heterocycles. The maximum atomic E-state index is 11.5. The third-order valence-electron chi connectivity index (χ3n) is 4.20. The topological polar surface area (TPSA) is 55.1 Å². The van der Waals surface area contributed by atoms with Gasteiger partial charge in [0.15, 0.2) is 0 Å². The van der Waals surface area contributed by atoms with Gasteiger partial charge in [-0.2, -0.15) is 0 Å². The van der Waals surface area contributed by atoms with Crippen molar-refractivity contribution in [2.45, 2.75) is 51.0 Å². The molecule has 0 radical (unpaired) electrons. The fourth-order valence-electron chi connectivity index (χ4n) is 3.21. The van der Waals surface area contributed by atoms with Crippen LogP contribution in [0.3, 0.4) is 0 Å². The minimum absolute atomic E-state index is 0.229. The average Bonchev–Trinajstić information content (AvgIpc) is 2.40. The van der Waals surface area contributed by atoms with Gasteiger partial charge in [-0.1, -0.05) is 38.1 Å². The molecule has 0 spiro atoms. The molecule has 1 aliphatic rings. The van der Waals surface area contributed by atoms with E-state index in [2.05, 4.69) is 43.4 Å². The largest absolute Gasteiger partial charge is 0.370 e. The van der Waals surface area contributed by atoms with Crippen LogP contribution in [0.2, 0.25) is 0 Å². The minimum Gasteiger partial charge on any atom is -0.370 e. The predicted molar refractivity (Wildman–Crippen MR) is 77.9 cm³/mol. The number of primary amides is 1. The maximum Gasteiger partial charge on any atom is 0.219 e. The number of fused-ring (bicyclic) bond motifs is 1. The highest BCUT2D eigenvalue weighted by atomic mass is 16.1. The Morgan fingerprint density at radius 1 is 1.47 bits per heavy atom. The molecule has 2 rings (SSSR count). The summed E-state index contributed by atoms with van der Waals surface area (Å²) in [4.78, 5) is 11.5. The van der Waals surface area contributed by atoms with Crippen LogP contribution in [0, 0.1) is 0 Å². The Hall–Kier alpha value is -1.35. The zero-order valence-corrected chi connectivity index (χ0v) is 11.9. The second kappa shape index (κ2) is 5.74. The van der Waals surface area contributed by atoms with Gasteiger partial charge < -0.3 is 11.1 Å². The van der Waals surface area contributed by atoms with Gasteiger partial charge in [0, 0.05) is 6.42 Å². The van der Waals surface area contributed by atoms with Crippen LogP contribution in [-0.4, -0.2) is 12.5 Å². The first-order chi connectivity index (χ1) is 9.09. The van der Waals surface area contributed by atoms with E-state index in [1.165, 1.54) is 11.1 Å². The van der Waals surface area contributed by atoms with Crippen LogP contribution in [0.15, 0.2) is 24.3 Å². The monoisotopic (exact) mass is 260 g/mol. The van der Waals surface area contributed by atoms with Crippen molar-refractivity contribution in [3.63, 3.8) is 0 Å². The van der Waals surface area contributed by atoms with Gasteiger partial charge >= 0.3 is 0 Å². The van der Waals surface area contributed by atoms with Gasteiger partial charge in [-0.15, -0.1) is 0 Å². The van der Waals surface area contributed by atoms with Gasteiger partial charge in [-0.3, -0.25) is 4.79 Å². The third-order valence-corrected chi connectivity index (χ3v) is 4.20. The number of benzene rings is 1. The summed E-state index contributed by atoms with van der Waals surface area (Å²) in [5, 5.41) is 3.59. The summed E-state index contributed by atoms with van der Waals surface area (Å²) in [6, 6.07) is 8.47. The molecule has 3 N–H and O–H groups in total. The third kappa shape index (κ3) is 2.81. The highest BCUT2D eigenvalue weighted by molar-refractivity contribution is 5.75. The van der Waals surface area contributed by atoms with Crippen molar-refractivity contribution in [3.05, 3.63) is 35.4 Å². The van der Waals surface area contributed by atoms with Gasteiger partial charge in [0.1, 0.15) is 0 Å². The number of hydrogen-bond donors (Lipinski definition) is 2. The van der Waals surface area contributed by atoms with Crippen molar-refractivity contribution in [1.82, 2.24) is 5.32 Å². The summed E-state index contributed by atoms with van der Waals surface area (Å²) in [6.07, 6.45) is 3.52. The van der Waals surface area contributed by atoms with E-state index in [9.17, 15) is 4.79 Å². The van der Waals surface area contributed by atoms with Gasteiger partial charge in [-0.05, 0) is 42.9 Å². The van der Waals surface area contributed by atoms with E-state index >= 15 is 0 Å². The molecule has 0 fully saturated rings. The second-order valence-corrected chi connectivity index (χ2v) is 5.68. The average molecular weight is 260 g/mol. The van der Waals surface area contributed by atoms with E-state index in [0.717, 1.165) is 25.8 Å². The molecule has 0 saturated heterocycles. The van der Waals surface area contributed by atoms with Crippen LogP contribution >= 0.6 is 0 Å². The molecule has 1 aliphatic carbocycles. The summed E-state index contributed by atoms with van der Waals surface area (Å²) >= 11 is 0. The Kier molecular flexibility index (Phi) is 4.25. The van der Waals surface area contributed by atoms with E-state index in [1.54, 1.807) is 0 Å². The van der Waals surface area contributed by atoms with Gasteiger partial charge in [0.2, 0.25) is 5.91 Å². The molecule has 3 heteroatoms. The van der Waals surface area contributed by atoms with Crippen molar-refractivity contribution in [1.29, 1.82) is 0 Å². The molecule has 0 bridgehead atoms. The molecule has 104 valence electrons. The molecule has 1 aromatic carbocycles. The number of carbonyl (C=O) groups excluding carboxylic acids is 1. The summed E-state index contributed by atoms with van der Waals surface area (Å²) < 4.78 is 0. The van der Waals surface area contributed by atoms with E-state index in [1.807, 2.05) is 0 Å². The number of hydrogen-bond acceptors (Lipinski definition) is 2. The Morgan fingerprint density at radius 2 is 2.21 bits per heavy atom. The van der Waals surface area contributed by atoms with E-state index in [0.29, 0.717) is 12.3 Å². The molecule has 2 atom stereocenters. The molecule has 0 heterocycles. The van der Waals surface area contributed by atoms with Gasteiger partial charge in [-0.25, -0.2) is 0 Å². The Bertz CT molecular complexity index is 458. The highest BCUT2D eigenvalue weighted by Crippen LogP contribution is 2.42. The SMILES string of the molecule is CCCNC1(CC(N)=O)CCC(C)c2ccccc21. The van der Waals surface area contributed by atoms with Crippen LogP contribution in [-0.2, 0) is 10.3 Å². The molecule has 3 nitrogen and oxygen atoms in total. The van der Waals surface area contributed by atoms with Crippen LogP contribution in [0.1, 0.15) is 56.6 Å². The van der Waals surface area contributed by atoms with Crippen LogP contribution < -0.4 is 11.1 Å². The summed E-state index contributed by atoms with van der Waals surface area (Å²) in [6.45, 7) is 5.31. The quantitative estimate of drug-likeness (QED) is 0.855. The number of amides is 1. The van der Waals surface area contributed by atoms with Crippen LogP contribution in [0.5, 0.6) is 0 Å². The van der Waals surface area contributed by atoms with Crippen molar-refractivity contribution in [2.75, 3.05) is 6.54 Å². The molecule has 2 unspecified atom stereocenters. The lowest BCUT2D eigenvalue weighted by Gasteiger charge is -2.41. The Morgan fingerprint density at radius 3 is 2.89 bits per heavy atom. The number of nitrogens with two attached hydrogens (primary N) is 1. The molecular formula is C16H24N2O. The normalized spacial score (nSPS) is 25.9. The van der Waals surface area contributed by atoms with Gasteiger partial charge in [0.05, 0.1) is 5.54 Å². The lowest BCUT2D eigenvalue weighted by atomic mass is 9.70. The lowest BCUT2D eigenvalue weighted by molar-refractivity contribution is -0.119. The van der Waals surface area contributed by atoms with Crippen molar-refractivity contribution < 1.29 is 4.79 Å². The van der Waals surface area contributed by atoms with Crippen molar-refractivity contribution in [3.8, 4) is 0 Å². The van der Waals surface area contributed by atoms with Crippen molar-refractivity contribution >= 4 is 5.91 Å². The first-order valence-corrected chi connectivity index (χ1v) is 7.22. The van der Waals surface area contributed by atoms with Crippen LogP contribution in [0.25, 0.3) is 0 Å². The Balaban J connectivity index is 2.42. The summed E-state index contributed by atoms with van der Waals surface area (Å²) in [7, 11) is 0. The van der Waals surface area contributed by atoms with Crippen molar-refractivity contribution in [2.24, 2.45) is 5.73 Å². The lowest BCUT2D eigenvalue weighted by Crippen LogP contribution is -2.48. The molecule has 19 heavy (non-hydrogen) atoms. The fourth-order valence-corrected chi connectivity index (χ4v) is 3.21. The zero-order valence-electron chi connectivity index (χ0n) is 11.9. The number of nitrogens with one attached hydrogen (secondary N) is 1. The van der Waals surface area contributed by atoms with E-state index < -0.39 is 0 Å². The smallest absolute Gasteiger partial charge is 0.219 e. The van der Waals surface area contributed by atoms with E-state index in [-0.39, 0.29) is 11.4 Å². The van der Waals surface area contributed by atoms with Gasteiger partial charge in [0.25, 0.3) is 0 Å². The molecule has 1 aromatic rings. The summed E-state index contributed by atoms with van der Waals surface area (Å²) in [5.41, 5.74) is 7.86. The molecule has 0 saturated carbocycles. The maximum absolute atomic E-state index is 11.5. The molecule has 1 amide bonds. The zero-order chi connectivity index (χ0) is 13.9. The number of rotatable bonds is 5. The molecule has 0 aliphatic heterocycles. The minimum atomic E-state index is -0.259. The fraction of sp³-hybridized carbons (Fsp3) is 0.562. The standard InChI is InChI=1S/C16H24N2O/c1-3-10-18-16(11-15(17)19)9-8-12(2)13-6-4-5-7-14(13)16/h4-7,12,18H,3,8-11H2,1-2H3,(H2,17,19). The second-order valence-electron chi connectivity index (χ2n) is 5.68. The Labute approximate surface area is 115 Å². The van der Waals surface area contributed by atoms with E-state index in [4.69, 9.17) is 5.73 Å². The predicted octanol–water partition coefficient (Wildman–Crippen LogP) is 2.65. The first kappa shape index (κ1) is 14.1.